The summed E-state index contributed by atoms with van der Waals surface area (Å²) >= 11 is 3.33. The minimum atomic E-state index is -3.55. The Kier molecular flexibility index (Phi) is 5.17. The zero-order valence-electron chi connectivity index (χ0n) is 14.4. The number of rotatable bonds is 5. The zero-order chi connectivity index (χ0) is 19.1. The van der Waals surface area contributed by atoms with E-state index in [0.717, 1.165) is 14.3 Å². The predicted molar refractivity (Wildman–Crippen MR) is 105 cm³/mol. The van der Waals surface area contributed by atoms with Crippen LogP contribution in [0.5, 0.6) is 0 Å². The van der Waals surface area contributed by atoms with Crippen LogP contribution in [0, 0.1) is 0 Å². The molecule has 1 heterocycles. The standard InChI is InChI=1S/C17H19BrN2O4S2/c1-19(2)26(23,24)16-7-8-17-14(11-16)9-10-20(17)25(21,22)12-13-3-5-15(18)6-4-13/h3-8,11H,9-10,12H2,1-2H3. The van der Waals surface area contributed by atoms with Gasteiger partial charge in [0, 0.05) is 25.1 Å². The lowest BCUT2D eigenvalue weighted by Crippen LogP contribution is -2.30. The highest BCUT2D eigenvalue weighted by molar-refractivity contribution is 9.10. The summed E-state index contributed by atoms with van der Waals surface area (Å²) in [5.41, 5.74) is 1.99. The SMILES string of the molecule is CN(C)S(=O)(=O)c1ccc2c(c1)CCN2S(=O)(=O)Cc1ccc(Br)cc1. The molecule has 0 aliphatic carbocycles. The highest BCUT2D eigenvalue weighted by atomic mass is 79.9. The van der Waals surface area contributed by atoms with Crippen LogP contribution in [0.3, 0.4) is 0 Å². The average molecular weight is 459 g/mol. The second kappa shape index (κ2) is 6.95. The number of nitrogens with zero attached hydrogens (tertiary/aromatic N) is 2. The van der Waals surface area contributed by atoms with Crippen molar-refractivity contribution in [2.24, 2.45) is 0 Å². The lowest BCUT2D eigenvalue weighted by Gasteiger charge is -2.20. The Morgan fingerprint density at radius 1 is 1.04 bits per heavy atom. The van der Waals surface area contributed by atoms with Gasteiger partial charge in [-0.2, -0.15) is 0 Å². The first-order valence-corrected chi connectivity index (χ1v) is 11.8. The highest BCUT2D eigenvalue weighted by Crippen LogP contribution is 2.33. The summed E-state index contributed by atoms with van der Waals surface area (Å²) < 4.78 is 53.6. The molecule has 6 nitrogen and oxygen atoms in total. The van der Waals surface area contributed by atoms with Gasteiger partial charge in [-0.15, -0.1) is 0 Å². The van der Waals surface area contributed by atoms with E-state index in [9.17, 15) is 16.8 Å². The number of benzene rings is 2. The molecule has 9 heteroatoms. The minimum Gasteiger partial charge on any atom is -0.269 e. The van der Waals surface area contributed by atoms with Crippen molar-refractivity contribution in [2.45, 2.75) is 17.1 Å². The van der Waals surface area contributed by atoms with E-state index in [2.05, 4.69) is 15.9 Å². The summed E-state index contributed by atoms with van der Waals surface area (Å²) in [6, 6.07) is 11.8. The molecular weight excluding hydrogens is 440 g/mol. The highest BCUT2D eigenvalue weighted by Gasteiger charge is 2.31. The van der Waals surface area contributed by atoms with Crippen LogP contribution in [0.2, 0.25) is 0 Å². The van der Waals surface area contributed by atoms with Gasteiger partial charge in [-0.05, 0) is 47.9 Å². The van der Waals surface area contributed by atoms with Gasteiger partial charge in [0.05, 0.1) is 16.3 Å². The quantitative estimate of drug-likeness (QED) is 0.689. The lowest BCUT2D eigenvalue weighted by molar-refractivity contribution is 0.520. The summed E-state index contributed by atoms with van der Waals surface area (Å²) in [6.45, 7) is 0.319. The van der Waals surface area contributed by atoms with E-state index in [4.69, 9.17) is 0 Å². The number of fused-ring (bicyclic) bond motifs is 1. The first kappa shape index (κ1) is 19.3. The van der Waals surface area contributed by atoms with Gasteiger partial charge in [0.2, 0.25) is 20.0 Å². The summed E-state index contributed by atoms with van der Waals surface area (Å²) in [6.07, 6.45) is 0.492. The molecule has 0 saturated carbocycles. The van der Waals surface area contributed by atoms with E-state index >= 15 is 0 Å². The molecule has 1 aliphatic heterocycles. The van der Waals surface area contributed by atoms with E-state index in [0.29, 0.717) is 24.2 Å². The van der Waals surface area contributed by atoms with E-state index in [1.165, 1.54) is 24.5 Å². The molecule has 140 valence electrons. The Balaban J connectivity index is 1.90. The van der Waals surface area contributed by atoms with Crippen LogP contribution in [0.25, 0.3) is 0 Å². The molecule has 0 bridgehead atoms. The molecule has 0 fully saturated rings. The maximum Gasteiger partial charge on any atom is 0.242 e. The second-order valence-electron chi connectivity index (χ2n) is 6.28. The van der Waals surface area contributed by atoms with Crippen molar-refractivity contribution in [3.05, 3.63) is 58.1 Å². The van der Waals surface area contributed by atoms with Gasteiger partial charge in [-0.25, -0.2) is 21.1 Å². The Hall–Kier alpha value is -1.42. The molecule has 2 aromatic carbocycles. The van der Waals surface area contributed by atoms with Crippen molar-refractivity contribution >= 4 is 41.7 Å². The van der Waals surface area contributed by atoms with Gasteiger partial charge in [0.25, 0.3) is 0 Å². The first-order chi connectivity index (χ1) is 12.1. The fourth-order valence-corrected chi connectivity index (χ4v) is 5.71. The molecule has 2 aromatic rings. The number of hydrogen-bond donors (Lipinski definition) is 0. The number of hydrogen-bond acceptors (Lipinski definition) is 4. The van der Waals surface area contributed by atoms with Crippen molar-refractivity contribution in [1.82, 2.24) is 4.31 Å². The van der Waals surface area contributed by atoms with Crippen LogP contribution >= 0.6 is 15.9 Å². The van der Waals surface area contributed by atoms with Crippen LogP contribution in [-0.4, -0.2) is 41.8 Å². The van der Waals surface area contributed by atoms with E-state index in [1.807, 2.05) is 0 Å². The Morgan fingerprint density at radius 3 is 2.31 bits per heavy atom. The summed E-state index contributed by atoms with van der Waals surface area (Å²) in [5.74, 6) is -0.0997. The molecule has 0 atom stereocenters. The van der Waals surface area contributed by atoms with Crippen LogP contribution < -0.4 is 4.31 Å². The number of anilines is 1. The van der Waals surface area contributed by atoms with E-state index in [-0.39, 0.29) is 10.6 Å². The second-order valence-corrected chi connectivity index (χ2v) is 11.2. The predicted octanol–water partition coefficient (Wildman–Crippen LogP) is 2.59. The maximum atomic E-state index is 12.8. The van der Waals surface area contributed by atoms with Gasteiger partial charge in [0.15, 0.2) is 0 Å². The van der Waals surface area contributed by atoms with Gasteiger partial charge in [-0.1, -0.05) is 28.1 Å². The fourth-order valence-electron chi connectivity index (χ4n) is 2.88. The molecule has 0 unspecified atom stereocenters. The van der Waals surface area contributed by atoms with Gasteiger partial charge in [0.1, 0.15) is 0 Å². The first-order valence-electron chi connectivity index (χ1n) is 7.91. The molecule has 26 heavy (non-hydrogen) atoms. The molecule has 0 N–H and O–H groups in total. The van der Waals surface area contributed by atoms with Crippen LogP contribution in [0.4, 0.5) is 5.69 Å². The van der Waals surface area contributed by atoms with Crippen molar-refractivity contribution in [2.75, 3.05) is 24.9 Å². The number of sulfonamides is 2. The van der Waals surface area contributed by atoms with E-state index in [1.54, 1.807) is 36.4 Å². The smallest absolute Gasteiger partial charge is 0.242 e. The third-order valence-corrected chi connectivity index (χ3v) is 8.37. The van der Waals surface area contributed by atoms with Crippen molar-refractivity contribution in [3.63, 3.8) is 0 Å². The third-order valence-electron chi connectivity index (χ3n) is 4.28. The Morgan fingerprint density at radius 2 is 1.69 bits per heavy atom. The van der Waals surface area contributed by atoms with Crippen molar-refractivity contribution in [1.29, 1.82) is 0 Å². The molecular formula is C17H19BrN2O4S2. The Labute approximate surface area is 162 Å². The minimum absolute atomic E-state index is 0.0997. The molecule has 0 spiro atoms. The normalized spacial score (nSPS) is 14.7. The Bertz CT molecular complexity index is 1030. The fraction of sp³-hybridized carbons (Fsp3) is 0.294. The van der Waals surface area contributed by atoms with Crippen molar-refractivity contribution in [3.8, 4) is 0 Å². The van der Waals surface area contributed by atoms with Gasteiger partial charge >= 0.3 is 0 Å². The third kappa shape index (κ3) is 3.66. The molecule has 0 aromatic heterocycles. The van der Waals surface area contributed by atoms with Crippen LogP contribution in [-0.2, 0) is 32.2 Å². The topological polar surface area (TPSA) is 74.8 Å². The summed E-state index contributed by atoms with van der Waals surface area (Å²) in [4.78, 5) is 0.174. The molecule has 0 saturated heterocycles. The molecule has 3 rings (SSSR count). The molecule has 0 radical (unpaired) electrons. The summed E-state index contributed by atoms with van der Waals surface area (Å²) in [5, 5.41) is 0. The molecule has 1 aliphatic rings. The largest absolute Gasteiger partial charge is 0.269 e. The maximum absolute atomic E-state index is 12.8. The number of halogens is 1. The monoisotopic (exact) mass is 458 g/mol. The zero-order valence-corrected chi connectivity index (χ0v) is 17.6. The average Bonchev–Trinajstić information content (AvgIpc) is 3.00. The van der Waals surface area contributed by atoms with Gasteiger partial charge < -0.3 is 0 Å². The van der Waals surface area contributed by atoms with Crippen LogP contribution in [0.1, 0.15) is 11.1 Å². The van der Waals surface area contributed by atoms with Gasteiger partial charge in [-0.3, -0.25) is 4.31 Å². The van der Waals surface area contributed by atoms with E-state index < -0.39 is 20.0 Å². The molecule has 0 amide bonds. The summed E-state index contributed by atoms with van der Waals surface area (Å²) in [7, 11) is -4.15. The van der Waals surface area contributed by atoms with Crippen LogP contribution in [0.15, 0.2) is 51.8 Å². The van der Waals surface area contributed by atoms with Crippen molar-refractivity contribution < 1.29 is 16.8 Å². The lowest BCUT2D eigenvalue weighted by atomic mass is 10.2.